The number of hydrogen-bond donors (Lipinski definition) is 3. The number of aliphatic imine (C=N–C) groups is 1. The van der Waals surface area contributed by atoms with E-state index in [0.717, 1.165) is 13.1 Å². The van der Waals surface area contributed by atoms with Gasteiger partial charge in [0.05, 0.1) is 0 Å². The van der Waals surface area contributed by atoms with Crippen molar-refractivity contribution in [1.82, 2.24) is 16.0 Å². The van der Waals surface area contributed by atoms with Gasteiger partial charge in [0.1, 0.15) is 6.54 Å². The maximum atomic E-state index is 11.5. The molecule has 1 aliphatic rings. The average molecular weight is 334 g/mol. The Morgan fingerprint density at radius 3 is 2.43 bits per heavy atom. The molecule has 0 heterocycles. The van der Waals surface area contributed by atoms with Gasteiger partial charge in [0.15, 0.2) is 5.96 Å². The molecule has 1 amide bonds. The first-order valence-electron chi connectivity index (χ1n) is 8.20. The van der Waals surface area contributed by atoms with E-state index in [4.69, 9.17) is 0 Å². The molecule has 0 saturated heterocycles. The van der Waals surface area contributed by atoms with Crippen molar-refractivity contribution in [3.05, 3.63) is 30.3 Å². The second-order valence-corrected chi connectivity index (χ2v) is 7.14. The van der Waals surface area contributed by atoms with E-state index in [0.29, 0.717) is 12.5 Å². The van der Waals surface area contributed by atoms with Gasteiger partial charge in [-0.15, -0.1) is 11.8 Å². The van der Waals surface area contributed by atoms with E-state index in [1.165, 1.54) is 17.7 Å². The van der Waals surface area contributed by atoms with Gasteiger partial charge >= 0.3 is 0 Å². The maximum absolute atomic E-state index is 11.5. The Kier molecular flexibility index (Phi) is 6.77. The molecule has 0 spiro atoms. The number of nitrogens with one attached hydrogen (secondary N) is 3. The van der Waals surface area contributed by atoms with Gasteiger partial charge in [-0.25, -0.2) is 4.99 Å². The lowest BCUT2D eigenvalue weighted by atomic mass is 10.4. The SMILES string of the molecule is CCNC(=O)CN=C(NCC)NCC1(Sc2ccccc2)CC1. The Balaban J connectivity index is 1.85. The molecule has 126 valence electrons. The Morgan fingerprint density at radius 1 is 1.13 bits per heavy atom. The number of hydrogen-bond acceptors (Lipinski definition) is 3. The van der Waals surface area contributed by atoms with Crippen LogP contribution in [0.2, 0.25) is 0 Å². The van der Waals surface area contributed by atoms with E-state index in [9.17, 15) is 4.79 Å². The highest BCUT2D eigenvalue weighted by Crippen LogP contribution is 2.51. The minimum Gasteiger partial charge on any atom is -0.357 e. The summed E-state index contributed by atoms with van der Waals surface area (Å²) in [6.45, 7) is 6.35. The molecule has 2 rings (SSSR count). The predicted molar refractivity (Wildman–Crippen MR) is 96.9 cm³/mol. The molecule has 0 bridgehead atoms. The standard InChI is InChI=1S/C17H26N4OS/c1-3-18-15(22)12-20-16(19-4-2)21-13-17(10-11-17)23-14-8-6-5-7-9-14/h5-9H,3-4,10-13H2,1-2H3,(H,18,22)(H2,19,20,21). The molecule has 0 aliphatic heterocycles. The number of guanidine groups is 1. The number of amides is 1. The van der Waals surface area contributed by atoms with Crippen LogP contribution < -0.4 is 16.0 Å². The molecule has 1 saturated carbocycles. The first-order valence-corrected chi connectivity index (χ1v) is 9.02. The largest absolute Gasteiger partial charge is 0.357 e. The molecule has 1 aromatic rings. The maximum Gasteiger partial charge on any atom is 0.241 e. The summed E-state index contributed by atoms with van der Waals surface area (Å²) in [6, 6.07) is 10.5. The summed E-state index contributed by atoms with van der Waals surface area (Å²) >= 11 is 1.93. The minimum absolute atomic E-state index is 0.0514. The lowest BCUT2D eigenvalue weighted by Gasteiger charge is -2.18. The van der Waals surface area contributed by atoms with Crippen molar-refractivity contribution in [3.63, 3.8) is 0 Å². The molecule has 1 aromatic carbocycles. The van der Waals surface area contributed by atoms with Crippen LogP contribution in [0.4, 0.5) is 0 Å². The van der Waals surface area contributed by atoms with Gasteiger partial charge < -0.3 is 16.0 Å². The summed E-state index contributed by atoms with van der Waals surface area (Å²) in [5.41, 5.74) is 0. The van der Waals surface area contributed by atoms with Gasteiger partial charge in [-0.05, 0) is 38.8 Å². The van der Waals surface area contributed by atoms with Crippen LogP contribution in [0.15, 0.2) is 40.2 Å². The fourth-order valence-electron chi connectivity index (χ4n) is 2.18. The van der Waals surface area contributed by atoms with Crippen molar-refractivity contribution in [3.8, 4) is 0 Å². The van der Waals surface area contributed by atoms with Crippen LogP contribution in [-0.2, 0) is 4.79 Å². The summed E-state index contributed by atoms with van der Waals surface area (Å²) in [5.74, 6) is 0.656. The Bertz CT molecular complexity index is 529. The highest BCUT2D eigenvalue weighted by atomic mass is 32.2. The van der Waals surface area contributed by atoms with Crippen LogP contribution in [0.5, 0.6) is 0 Å². The third-order valence-corrected chi connectivity index (χ3v) is 5.06. The summed E-state index contributed by atoms with van der Waals surface area (Å²) in [6.07, 6.45) is 2.41. The Labute approximate surface area is 142 Å². The molecule has 1 aliphatic carbocycles. The third-order valence-electron chi connectivity index (χ3n) is 3.56. The van der Waals surface area contributed by atoms with Gasteiger partial charge in [-0.2, -0.15) is 0 Å². The summed E-state index contributed by atoms with van der Waals surface area (Å²) in [7, 11) is 0. The molecular weight excluding hydrogens is 308 g/mol. The number of benzene rings is 1. The first kappa shape index (κ1) is 17.7. The molecule has 3 N–H and O–H groups in total. The normalized spacial score (nSPS) is 15.8. The highest BCUT2D eigenvalue weighted by Gasteiger charge is 2.43. The van der Waals surface area contributed by atoms with Crippen molar-refractivity contribution in [2.45, 2.75) is 36.3 Å². The van der Waals surface area contributed by atoms with E-state index in [2.05, 4.69) is 45.2 Å². The minimum atomic E-state index is -0.0514. The molecule has 0 unspecified atom stereocenters. The van der Waals surface area contributed by atoms with Gasteiger partial charge in [0, 0.05) is 29.3 Å². The number of rotatable bonds is 8. The summed E-state index contributed by atoms with van der Waals surface area (Å²) < 4.78 is 0.253. The lowest BCUT2D eigenvalue weighted by molar-refractivity contribution is -0.119. The van der Waals surface area contributed by atoms with E-state index in [-0.39, 0.29) is 17.2 Å². The highest BCUT2D eigenvalue weighted by molar-refractivity contribution is 8.01. The fourth-order valence-corrected chi connectivity index (χ4v) is 3.43. The zero-order chi connectivity index (χ0) is 16.5. The molecule has 0 atom stereocenters. The second-order valence-electron chi connectivity index (χ2n) is 5.60. The summed E-state index contributed by atoms with van der Waals surface area (Å²) in [5, 5.41) is 9.33. The first-order chi connectivity index (χ1) is 11.2. The van der Waals surface area contributed by atoms with Crippen LogP contribution >= 0.6 is 11.8 Å². The molecule has 1 fully saturated rings. The van der Waals surface area contributed by atoms with E-state index >= 15 is 0 Å². The summed E-state index contributed by atoms with van der Waals surface area (Å²) in [4.78, 5) is 17.2. The lowest BCUT2D eigenvalue weighted by Crippen LogP contribution is -2.42. The quantitative estimate of drug-likeness (QED) is 0.502. The van der Waals surface area contributed by atoms with E-state index < -0.39 is 0 Å². The van der Waals surface area contributed by atoms with Gasteiger partial charge in [0.25, 0.3) is 0 Å². The smallest absolute Gasteiger partial charge is 0.241 e. The average Bonchev–Trinajstić information content (AvgIpc) is 3.31. The van der Waals surface area contributed by atoms with Gasteiger partial charge in [-0.3, -0.25) is 4.79 Å². The second kappa shape index (κ2) is 8.82. The van der Waals surface area contributed by atoms with Crippen LogP contribution in [0.3, 0.4) is 0 Å². The van der Waals surface area contributed by atoms with E-state index in [1.54, 1.807) is 0 Å². The molecule has 0 aromatic heterocycles. The van der Waals surface area contributed by atoms with Crippen molar-refractivity contribution >= 4 is 23.6 Å². The molecule has 6 heteroatoms. The van der Waals surface area contributed by atoms with Crippen molar-refractivity contribution < 1.29 is 4.79 Å². The predicted octanol–water partition coefficient (Wildman–Crippen LogP) is 2.00. The van der Waals surface area contributed by atoms with Crippen LogP contribution in [0.1, 0.15) is 26.7 Å². The van der Waals surface area contributed by atoms with E-state index in [1.807, 2.05) is 31.7 Å². The topological polar surface area (TPSA) is 65.5 Å². The fraction of sp³-hybridized carbons (Fsp3) is 0.529. The Hall–Kier alpha value is -1.69. The van der Waals surface area contributed by atoms with Gasteiger partial charge in [0.2, 0.25) is 5.91 Å². The van der Waals surface area contributed by atoms with Gasteiger partial charge in [-0.1, -0.05) is 18.2 Å². The third kappa shape index (κ3) is 6.14. The van der Waals surface area contributed by atoms with Crippen LogP contribution in [0, 0.1) is 0 Å². The monoisotopic (exact) mass is 334 g/mol. The molecular formula is C17H26N4OS. The molecule has 23 heavy (non-hydrogen) atoms. The molecule has 0 radical (unpaired) electrons. The van der Waals surface area contributed by atoms with Crippen LogP contribution in [0.25, 0.3) is 0 Å². The zero-order valence-corrected chi connectivity index (χ0v) is 14.7. The zero-order valence-electron chi connectivity index (χ0n) is 13.9. The number of nitrogens with zero attached hydrogens (tertiary/aromatic N) is 1. The molecule has 5 nitrogen and oxygen atoms in total. The number of carbonyl (C=O) groups is 1. The van der Waals surface area contributed by atoms with Crippen molar-refractivity contribution in [1.29, 1.82) is 0 Å². The number of likely N-dealkylation sites (N-methyl/N-ethyl adjacent to an activating group) is 1. The van der Waals surface area contributed by atoms with Crippen molar-refractivity contribution in [2.75, 3.05) is 26.2 Å². The Morgan fingerprint density at radius 2 is 1.83 bits per heavy atom. The number of thioether (sulfide) groups is 1. The van der Waals surface area contributed by atoms with Crippen molar-refractivity contribution in [2.24, 2.45) is 4.99 Å². The van der Waals surface area contributed by atoms with Crippen LogP contribution in [-0.4, -0.2) is 42.8 Å². The number of carbonyl (C=O) groups excluding carboxylic acids is 1.